The van der Waals surface area contributed by atoms with Crippen molar-refractivity contribution < 1.29 is 13.2 Å². The molecule has 1 aromatic heterocycles. The molecule has 2 N–H and O–H groups in total. The highest BCUT2D eigenvalue weighted by atomic mass is 35.5. The van der Waals surface area contributed by atoms with Crippen LogP contribution in [-0.2, 0) is 10.0 Å². The Morgan fingerprint density at radius 2 is 1.68 bits per heavy atom. The summed E-state index contributed by atoms with van der Waals surface area (Å²) in [5.41, 5.74) is 4.44. The van der Waals surface area contributed by atoms with Crippen LogP contribution in [0.2, 0.25) is 5.02 Å². The van der Waals surface area contributed by atoms with Gasteiger partial charge in [0.1, 0.15) is 0 Å². The molecule has 1 atom stereocenters. The number of ketones is 1. The summed E-state index contributed by atoms with van der Waals surface area (Å²) in [5, 5.41) is 0.586. The van der Waals surface area contributed by atoms with Crippen molar-refractivity contribution in [3.05, 3.63) is 87.7 Å². The maximum atomic E-state index is 12.8. The lowest BCUT2D eigenvalue weighted by Gasteiger charge is -2.12. The molecule has 1 unspecified atom stereocenters. The minimum absolute atomic E-state index is 0.0118. The molecule has 3 aromatic rings. The fourth-order valence-electron chi connectivity index (χ4n) is 3.03. The third kappa shape index (κ3) is 4.64. The van der Waals surface area contributed by atoms with Gasteiger partial charge in [0.05, 0.1) is 11.9 Å². The summed E-state index contributed by atoms with van der Waals surface area (Å²) in [5.74, 6) is -0.0712. The first-order chi connectivity index (χ1) is 13.1. The van der Waals surface area contributed by atoms with Crippen LogP contribution in [0, 0.1) is 6.92 Å². The molecule has 5 nitrogen and oxygen atoms in total. The molecule has 146 valence electrons. The zero-order valence-corrected chi connectivity index (χ0v) is 17.4. The van der Waals surface area contributed by atoms with E-state index in [2.05, 4.69) is 9.71 Å². The Kier molecular flexibility index (Phi) is 5.63. The highest BCUT2D eigenvalue weighted by Gasteiger charge is 2.18. The maximum Gasteiger partial charge on any atom is 0.229 e. The van der Waals surface area contributed by atoms with Crippen molar-refractivity contribution in [1.29, 1.82) is 0 Å². The zero-order valence-electron chi connectivity index (χ0n) is 15.8. The SMILES string of the molecule is Cc1cc(C(C)c2ccc(NS(C)(=O)=O)cc2)[nH]c1C(=O)c1ccc(Cl)cc1. The number of hydrogen-bond acceptors (Lipinski definition) is 3. The molecule has 3 rings (SSSR count). The van der Waals surface area contributed by atoms with Crippen molar-refractivity contribution in [3.63, 3.8) is 0 Å². The van der Waals surface area contributed by atoms with Crippen LogP contribution in [0.3, 0.4) is 0 Å². The van der Waals surface area contributed by atoms with Gasteiger partial charge in [-0.15, -0.1) is 0 Å². The van der Waals surface area contributed by atoms with Crippen LogP contribution in [0.15, 0.2) is 54.6 Å². The van der Waals surface area contributed by atoms with Crippen molar-refractivity contribution >= 4 is 33.1 Å². The minimum atomic E-state index is -3.31. The summed E-state index contributed by atoms with van der Waals surface area (Å²) in [6, 6.07) is 16.0. The van der Waals surface area contributed by atoms with E-state index >= 15 is 0 Å². The van der Waals surface area contributed by atoms with Crippen molar-refractivity contribution in [2.75, 3.05) is 11.0 Å². The van der Waals surface area contributed by atoms with Crippen LogP contribution < -0.4 is 4.72 Å². The molecule has 0 aliphatic heterocycles. The van der Waals surface area contributed by atoms with Gasteiger partial charge in [-0.3, -0.25) is 9.52 Å². The van der Waals surface area contributed by atoms with E-state index < -0.39 is 10.0 Å². The van der Waals surface area contributed by atoms with Crippen molar-refractivity contribution in [1.82, 2.24) is 4.98 Å². The van der Waals surface area contributed by atoms with Gasteiger partial charge in [0.15, 0.2) is 0 Å². The van der Waals surface area contributed by atoms with E-state index in [1.807, 2.05) is 32.0 Å². The number of aromatic amines is 1. The number of carbonyl (C=O) groups is 1. The second-order valence-corrected chi connectivity index (χ2v) is 9.02. The summed E-state index contributed by atoms with van der Waals surface area (Å²) in [6.07, 6.45) is 1.12. The first-order valence-corrected chi connectivity index (χ1v) is 11.0. The molecule has 0 radical (unpaired) electrons. The van der Waals surface area contributed by atoms with Crippen molar-refractivity contribution in [2.45, 2.75) is 19.8 Å². The van der Waals surface area contributed by atoms with E-state index in [-0.39, 0.29) is 11.7 Å². The zero-order chi connectivity index (χ0) is 20.5. The second kappa shape index (κ2) is 7.81. The lowest BCUT2D eigenvalue weighted by Crippen LogP contribution is -2.09. The van der Waals surface area contributed by atoms with Crippen LogP contribution in [0.5, 0.6) is 0 Å². The number of carbonyl (C=O) groups excluding carboxylic acids is 1. The molecule has 0 aliphatic rings. The molecule has 2 aromatic carbocycles. The Balaban J connectivity index is 1.83. The molecule has 28 heavy (non-hydrogen) atoms. The number of anilines is 1. The van der Waals surface area contributed by atoms with Gasteiger partial charge in [-0.05, 0) is 60.5 Å². The topological polar surface area (TPSA) is 79.0 Å². The van der Waals surface area contributed by atoms with Crippen LogP contribution >= 0.6 is 11.6 Å². The lowest BCUT2D eigenvalue weighted by atomic mass is 9.97. The van der Waals surface area contributed by atoms with Crippen molar-refractivity contribution in [2.24, 2.45) is 0 Å². The van der Waals surface area contributed by atoms with Gasteiger partial charge in [-0.1, -0.05) is 30.7 Å². The molecule has 0 amide bonds. The number of benzene rings is 2. The quantitative estimate of drug-likeness (QED) is 0.570. The second-order valence-electron chi connectivity index (χ2n) is 6.84. The number of rotatable bonds is 6. The minimum Gasteiger partial charge on any atom is -0.355 e. The Morgan fingerprint density at radius 3 is 2.25 bits per heavy atom. The Hall–Kier alpha value is -2.57. The number of aryl methyl sites for hydroxylation is 1. The van der Waals surface area contributed by atoms with Gasteiger partial charge in [0.25, 0.3) is 0 Å². The molecule has 7 heteroatoms. The van der Waals surface area contributed by atoms with E-state index in [9.17, 15) is 13.2 Å². The molecule has 1 heterocycles. The van der Waals surface area contributed by atoms with Gasteiger partial charge >= 0.3 is 0 Å². The van der Waals surface area contributed by atoms with Crippen LogP contribution in [0.1, 0.15) is 45.7 Å². The Labute approximate surface area is 169 Å². The monoisotopic (exact) mass is 416 g/mol. The van der Waals surface area contributed by atoms with E-state index in [4.69, 9.17) is 11.6 Å². The lowest BCUT2D eigenvalue weighted by molar-refractivity contribution is 0.103. The number of nitrogens with one attached hydrogen (secondary N) is 2. The van der Waals surface area contributed by atoms with Crippen LogP contribution in [0.4, 0.5) is 5.69 Å². The first kappa shape index (κ1) is 20.2. The number of sulfonamides is 1. The molecular weight excluding hydrogens is 396 g/mol. The predicted octanol–water partition coefficient (Wildman–Crippen LogP) is 4.73. The highest BCUT2D eigenvalue weighted by molar-refractivity contribution is 7.92. The number of hydrogen-bond donors (Lipinski definition) is 2. The van der Waals surface area contributed by atoms with E-state index in [1.165, 1.54) is 0 Å². The summed E-state index contributed by atoms with van der Waals surface area (Å²) in [6.45, 7) is 3.93. The van der Waals surface area contributed by atoms with E-state index in [1.54, 1.807) is 36.4 Å². The van der Waals surface area contributed by atoms with Gasteiger partial charge in [-0.25, -0.2) is 8.42 Å². The number of halogens is 1. The molecule has 0 aliphatic carbocycles. The smallest absolute Gasteiger partial charge is 0.229 e. The summed E-state index contributed by atoms with van der Waals surface area (Å²) in [4.78, 5) is 16.0. The predicted molar refractivity (Wildman–Crippen MR) is 113 cm³/mol. The van der Waals surface area contributed by atoms with Crippen LogP contribution in [-0.4, -0.2) is 25.4 Å². The number of aromatic nitrogens is 1. The summed E-state index contributed by atoms with van der Waals surface area (Å²) in [7, 11) is -3.31. The average Bonchev–Trinajstić information content (AvgIpc) is 3.02. The van der Waals surface area contributed by atoms with E-state index in [0.717, 1.165) is 23.1 Å². The summed E-state index contributed by atoms with van der Waals surface area (Å²) >= 11 is 5.90. The standard InChI is InChI=1S/C21H21ClN2O3S/c1-13-12-19(23-20(13)21(25)16-4-8-17(22)9-5-16)14(2)15-6-10-18(11-7-15)24-28(3,26)27/h4-12,14,23-24H,1-3H3. The maximum absolute atomic E-state index is 12.8. The average molecular weight is 417 g/mol. The third-order valence-electron chi connectivity index (χ3n) is 4.55. The Morgan fingerprint density at radius 1 is 1.07 bits per heavy atom. The highest BCUT2D eigenvalue weighted by Crippen LogP contribution is 2.27. The molecule has 0 saturated heterocycles. The first-order valence-electron chi connectivity index (χ1n) is 8.71. The molecule has 0 bridgehead atoms. The number of H-pyrrole nitrogens is 1. The molecule has 0 saturated carbocycles. The van der Waals surface area contributed by atoms with Gasteiger partial charge < -0.3 is 4.98 Å². The summed E-state index contributed by atoms with van der Waals surface area (Å²) < 4.78 is 25.1. The molecular formula is C21H21ClN2O3S. The van der Waals surface area contributed by atoms with Crippen molar-refractivity contribution in [3.8, 4) is 0 Å². The molecule has 0 spiro atoms. The van der Waals surface area contributed by atoms with Gasteiger partial charge in [0, 0.05) is 27.9 Å². The largest absolute Gasteiger partial charge is 0.355 e. The van der Waals surface area contributed by atoms with Gasteiger partial charge in [-0.2, -0.15) is 0 Å². The fraction of sp³-hybridized carbons (Fsp3) is 0.190. The molecule has 0 fully saturated rings. The Bertz CT molecular complexity index is 1100. The fourth-order valence-corrected chi connectivity index (χ4v) is 3.72. The third-order valence-corrected chi connectivity index (χ3v) is 5.41. The van der Waals surface area contributed by atoms with Crippen LogP contribution in [0.25, 0.3) is 0 Å². The van der Waals surface area contributed by atoms with E-state index in [0.29, 0.717) is 22.0 Å². The van der Waals surface area contributed by atoms with Gasteiger partial charge in [0.2, 0.25) is 15.8 Å². The normalized spacial score (nSPS) is 12.6.